The number of ether oxygens (including phenoxy) is 1. The first-order valence-electron chi connectivity index (χ1n) is 5.59. The average Bonchev–Trinajstić information content (AvgIpc) is 2.75. The number of rotatable bonds is 2. The molecule has 6 heteroatoms. The Labute approximate surface area is 113 Å². The predicted octanol–water partition coefficient (Wildman–Crippen LogP) is 2.38. The molecule has 0 aliphatic heterocycles. The van der Waals surface area contributed by atoms with Crippen LogP contribution in [0.3, 0.4) is 0 Å². The second-order valence-electron chi connectivity index (χ2n) is 3.98. The lowest BCUT2D eigenvalue weighted by Crippen LogP contribution is -2.15. The van der Waals surface area contributed by atoms with Gasteiger partial charge in [0.2, 0.25) is 0 Å². The third-order valence-corrected chi connectivity index (χ3v) is 3.20. The SMILES string of the molecule is COc1ccc(Cl)c(-n2c(=O)[nH]c3ccncc32)c1. The van der Waals surface area contributed by atoms with Gasteiger partial charge in [0.15, 0.2) is 0 Å². The summed E-state index contributed by atoms with van der Waals surface area (Å²) in [6.45, 7) is 0. The monoisotopic (exact) mass is 275 g/mol. The number of benzene rings is 1. The number of H-pyrrole nitrogens is 1. The van der Waals surface area contributed by atoms with Gasteiger partial charge in [-0.1, -0.05) is 11.6 Å². The molecule has 0 radical (unpaired) electrons. The van der Waals surface area contributed by atoms with Crippen molar-refractivity contribution in [2.45, 2.75) is 0 Å². The molecule has 2 aromatic heterocycles. The highest BCUT2D eigenvalue weighted by molar-refractivity contribution is 6.32. The van der Waals surface area contributed by atoms with Gasteiger partial charge in [-0.2, -0.15) is 0 Å². The third-order valence-electron chi connectivity index (χ3n) is 2.88. The van der Waals surface area contributed by atoms with E-state index in [0.717, 1.165) is 0 Å². The fraction of sp³-hybridized carbons (Fsp3) is 0.0769. The van der Waals surface area contributed by atoms with Crippen molar-refractivity contribution in [3.8, 4) is 11.4 Å². The second kappa shape index (κ2) is 4.44. The molecular weight excluding hydrogens is 266 g/mol. The van der Waals surface area contributed by atoms with E-state index >= 15 is 0 Å². The molecule has 0 unspecified atom stereocenters. The predicted molar refractivity (Wildman–Crippen MR) is 73.3 cm³/mol. The van der Waals surface area contributed by atoms with Crippen LogP contribution in [-0.2, 0) is 0 Å². The highest BCUT2D eigenvalue weighted by Crippen LogP contribution is 2.26. The molecule has 3 aromatic rings. The van der Waals surface area contributed by atoms with Crippen molar-refractivity contribution in [2.24, 2.45) is 0 Å². The zero-order chi connectivity index (χ0) is 13.4. The molecule has 0 atom stereocenters. The zero-order valence-electron chi connectivity index (χ0n) is 10.1. The van der Waals surface area contributed by atoms with Crippen LogP contribution < -0.4 is 10.4 Å². The standard InChI is InChI=1S/C13H10ClN3O2/c1-19-8-2-3-9(14)11(6-8)17-12-7-15-5-4-10(12)16-13(17)18/h2-7H,1H3,(H,16,18). The molecule has 0 aliphatic rings. The second-order valence-corrected chi connectivity index (χ2v) is 4.38. The normalized spacial score (nSPS) is 10.8. The Bertz CT molecular complexity index is 807. The van der Waals surface area contributed by atoms with Gasteiger partial charge in [-0.25, -0.2) is 4.79 Å². The fourth-order valence-electron chi connectivity index (χ4n) is 1.98. The van der Waals surface area contributed by atoms with Crippen molar-refractivity contribution in [1.29, 1.82) is 0 Å². The molecular formula is C13H10ClN3O2. The Kier molecular flexibility index (Phi) is 2.76. The Morgan fingerprint density at radius 3 is 3.00 bits per heavy atom. The van der Waals surface area contributed by atoms with Crippen LogP contribution in [0, 0.1) is 0 Å². The fourth-order valence-corrected chi connectivity index (χ4v) is 2.18. The summed E-state index contributed by atoms with van der Waals surface area (Å²) < 4.78 is 6.64. The molecule has 0 amide bonds. The van der Waals surface area contributed by atoms with Crippen LogP contribution >= 0.6 is 11.6 Å². The van der Waals surface area contributed by atoms with Crippen molar-refractivity contribution < 1.29 is 4.74 Å². The number of nitrogens with one attached hydrogen (secondary N) is 1. The van der Waals surface area contributed by atoms with Crippen molar-refractivity contribution in [3.05, 3.63) is 52.2 Å². The lowest BCUT2D eigenvalue weighted by Gasteiger charge is -2.08. The van der Waals surface area contributed by atoms with E-state index in [9.17, 15) is 4.79 Å². The van der Waals surface area contributed by atoms with Crippen LogP contribution in [0.15, 0.2) is 41.5 Å². The summed E-state index contributed by atoms with van der Waals surface area (Å²) in [5.41, 5.74) is 1.67. The summed E-state index contributed by atoms with van der Waals surface area (Å²) >= 11 is 6.17. The zero-order valence-corrected chi connectivity index (χ0v) is 10.8. The molecule has 0 aliphatic carbocycles. The van der Waals surface area contributed by atoms with Gasteiger partial charge in [-0.3, -0.25) is 9.55 Å². The minimum Gasteiger partial charge on any atom is -0.497 e. The number of halogens is 1. The third kappa shape index (κ3) is 1.88. The van der Waals surface area contributed by atoms with E-state index in [1.54, 1.807) is 43.8 Å². The number of methoxy groups -OCH3 is 1. The lowest BCUT2D eigenvalue weighted by molar-refractivity contribution is 0.414. The Hall–Kier alpha value is -2.27. The van der Waals surface area contributed by atoms with Crippen LogP contribution in [0.25, 0.3) is 16.7 Å². The topological polar surface area (TPSA) is 59.9 Å². The van der Waals surface area contributed by atoms with Gasteiger partial charge in [-0.05, 0) is 18.2 Å². The molecule has 0 bridgehead atoms. The quantitative estimate of drug-likeness (QED) is 0.781. The van der Waals surface area contributed by atoms with Crippen LogP contribution in [0.4, 0.5) is 0 Å². The van der Waals surface area contributed by atoms with Gasteiger partial charge in [0.25, 0.3) is 0 Å². The van der Waals surface area contributed by atoms with Gasteiger partial charge in [-0.15, -0.1) is 0 Å². The maximum absolute atomic E-state index is 12.1. The number of hydrogen-bond acceptors (Lipinski definition) is 3. The van der Waals surface area contributed by atoms with Crippen LogP contribution in [0.5, 0.6) is 5.75 Å². The van der Waals surface area contributed by atoms with Crippen molar-refractivity contribution in [2.75, 3.05) is 7.11 Å². The largest absolute Gasteiger partial charge is 0.497 e. The number of aromatic amines is 1. The molecule has 0 saturated heterocycles. The van der Waals surface area contributed by atoms with Crippen LogP contribution in [0.1, 0.15) is 0 Å². The molecule has 19 heavy (non-hydrogen) atoms. The van der Waals surface area contributed by atoms with E-state index in [1.807, 2.05) is 0 Å². The maximum Gasteiger partial charge on any atom is 0.331 e. The summed E-state index contributed by atoms with van der Waals surface area (Å²) in [5, 5.41) is 0.465. The molecule has 1 aromatic carbocycles. The first kappa shape index (κ1) is 11.8. The number of fused-ring (bicyclic) bond motifs is 1. The average molecular weight is 276 g/mol. The molecule has 1 N–H and O–H groups in total. The van der Waals surface area contributed by atoms with Gasteiger partial charge < -0.3 is 9.72 Å². The Morgan fingerprint density at radius 1 is 1.37 bits per heavy atom. The van der Waals surface area contributed by atoms with Crippen molar-refractivity contribution >= 4 is 22.6 Å². The number of aromatic nitrogens is 3. The van der Waals surface area contributed by atoms with Gasteiger partial charge in [0.1, 0.15) is 5.75 Å². The summed E-state index contributed by atoms with van der Waals surface area (Å²) in [6.07, 6.45) is 3.23. The van der Waals surface area contributed by atoms with Crippen molar-refractivity contribution in [3.63, 3.8) is 0 Å². The van der Waals surface area contributed by atoms with E-state index in [4.69, 9.17) is 16.3 Å². The summed E-state index contributed by atoms with van der Waals surface area (Å²) in [5.74, 6) is 0.629. The first-order chi connectivity index (χ1) is 9.20. The number of nitrogens with zero attached hydrogens (tertiary/aromatic N) is 2. The highest BCUT2D eigenvalue weighted by atomic mass is 35.5. The molecule has 0 fully saturated rings. The lowest BCUT2D eigenvalue weighted by atomic mass is 10.3. The summed E-state index contributed by atoms with van der Waals surface area (Å²) in [7, 11) is 1.56. The van der Waals surface area contributed by atoms with Crippen molar-refractivity contribution in [1.82, 2.24) is 14.5 Å². The van der Waals surface area contributed by atoms with Crippen LogP contribution in [-0.4, -0.2) is 21.6 Å². The molecule has 2 heterocycles. The van der Waals surface area contributed by atoms with E-state index in [1.165, 1.54) is 4.57 Å². The van der Waals surface area contributed by atoms with Crippen LogP contribution in [0.2, 0.25) is 5.02 Å². The smallest absolute Gasteiger partial charge is 0.331 e. The minimum atomic E-state index is -0.266. The molecule has 96 valence electrons. The number of hydrogen-bond donors (Lipinski definition) is 1. The van der Waals surface area contributed by atoms with E-state index < -0.39 is 0 Å². The van der Waals surface area contributed by atoms with Gasteiger partial charge in [0, 0.05) is 12.3 Å². The highest BCUT2D eigenvalue weighted by Gasteiger charge is 2.12. The molecule has 3 rings (SSSR count). The Balaban J connectivity index is 2.36. The number of pyridine rings is 1. The summed E-state index contributed by atoms with van der Waals surface area (Å²) in [6, 6.07) is 6.88. The molecule has 0 saturated carbocycles. The van der Waals surface area contributed by atoms with E-state index in [2.05, 4.69) is 9.97 Å². The van der Waals surface area contributed by atoms with E-state index in [-0.39, 0.29) is 5.69 Å². The maximum atomic E-state index is 12.1. The first-order valence-corrected chi connectivity index (χ1v) is 5.97. The Morgan fingerprint density at radius 2 is 2.21 bits per heavy atom. The van der Waals surface area contributed by atoms with Gasteiger partial charge >= 0.3 is 5.69 Å². The molecule has 0 spiro atoms. The number of imidazole rings is 1. The molecule has 5 nitrogen and oxygen atoms in total. The summed E-state index contributed by atoms with van der Waals surface area (Å²) in [4.78, 5) is 18.9. The van der Waals surface area contributed by atoms with Gasteiger partial charge in [0.05, 0.1) is 35.1 Å². The van der Waals surface area contributed by atoms with E-state index in [0.29, 0.717) is 27.5 Å². The minimum absolute atomic E-state index is 0.266.